The van der Waals surface area contributed by atoms with Crippen molar-refractivity contribution in [2.75, 3.05) is 0 Å². The predicted molar refractivity (Wildman–Crippen MR) is 53.9 cm³/mol. The van der Waals surface area contributed by atoms with Crippen molar-refractivity contribution in [3.05, 3.63) is 0 Å². The van der Waals surface area contributed by atoms with E-state index in [0.717, 1.165) is 6.42 Å². The molecule has 0 unspecified atom stereocenters. The van der Waals surface area contributed by atoms with Crippen LogP contribution in [0.2, 0.25) is 0 Å². The number of hydrogen-bond donors (Lipinski definition) is 1. The van der Waals surface area contributed by atoms with Crippen LogP contribution in [0.25, 0.3) is 0 Å². The molecule has 2 aliphatic carbocycles. The molecule has 0 amide bonds. The lowest BCUT2D eigenvalue weighted by Gasteiger charge is -2.25. The Balaban J connectivity index is 2.04. The highest BCUT2D eigenvalue weighted by molar-refractivity contribution is 14.1. The average molecular weight is 308 g/mol. The largest absolute Gasteiger partial charge is 0.481 e. The molecule has 2 saturated carbocycles. The Labute approximate surface area is 94.1 Å². The zero-order chi connectivity index (χ0) is 10.0. The van der Waals surface area contributed by atoms with Crippen LogP contribution in [0.15, 0.2) is 0 Å². The van der Waals surface area contributed by atoms with E-state index >= 15 is 0 Å². The van der Waals surface area contributed by atoms with E-state index in [1.165, 1.54) is 0 Å². The lowest BCUT2D eigenvalue weighted by atomic mass is 9.80. The van der Waals surface area contributed by atoms with Crippen molar-refractivity contribution in [2.24, 2.45) is 23.7 Å². The molecule has 0 aromatic carbocycles. The summed E-state index contributed by atoms with van der Waals surface area (Å²) in [5.41, 5.74) is 0. The van der Waals surface area contributed by atoms with Gasteiger partial charge in [-0.3, -0.25) is 9.59 Å². The van der Waals surface area contributed by atoms with Crippen LogP contribution in [0.5, 0.6) is 0 Å². The Morgan fingerprint density at radius 2 is 2.21 bits per heavy atom. The molecule has 1 aliphatic heterocycles. The van der Waals surface area contributed by atoms with E-state index in [2.05, 4.69) is 22.6 Å². The molecule has 2 bridgehead atoms. The van der Waals surface area contributed by atoms with Crippen molar-refractivity contribution >= 4 is 34.5 Å². The predicted octanol–water partition coefficient (Wildman–Crippen LogP) is 0.682. The van der Waals surface area contributed by atoms with Crippen LogP contribution in [0.4, 0.5) is 0 Å². The zero-order valence-corrected chi connectivity index (χ0v) is 9.38. The first-order valence-corrected chi connectivity index (χ1v) is 5.93. The van der Waals surface area contributed by atoms with E-state index in [-0.39, 0.29) is 33.8 Å². The summed E-state index contributed by atoms with van der Waals surface area (Å²) in [6.45, 7) is 0. The van der Waals surface area contributed by atoms with Gasteiger partial charge in [-0.25, -0.2) is 0 Å². The summed E-state index contributed by atoms with van der Waals surface area (Å²) in [6, 6.07) is 0. The van der Waals surface area contributed by atoms with Crippen LogP contribution in [0.1, 0.15) is 6.42 Å². The van der Waals surface area contributed by atoms with Crippen molar-refractivity contribution in [1.82, 2.24) is 0 Å². The van der Waals surface area contributed by atoms with Crippen molar-refractivity contribution in [2.45, 2.75) is 16.4 Å². The summed E-state index contributed by atoms with van der Waals surface area (Å²) >= 11 is 2.23. The van der Waals surface area contributed by atoms with Gasteiger partial charge in [0, 0.05) is 5.92 Å². The first-order valence-electron chi connectivity index (χ1n) is 4.68. The van der Waals surface area contributed by atoms with E-state index in [1.54, 1.807) is 0 Å². The SMILES string of the molecule is O=C(O)[C@@H]1[C@H]2C[C@H]3[C@@H](OC(=O)[C@@H]31)[C@H]2I. The first-order chi connectivity index (χ1) is 6.61. The van der Waals surface area contributed by atoms with Gasteiger partial charge in [-0.1, -0.05) is 22.6 Å². The molecule has 0 radical (unpaired) electrons. The van der Waals surface area contributed by atoms with E-state index in [0.29, 0.717) is 0 Å². The highest BCUT2D eigenvalue weighted by atomic mass is 127. The number of alkyl halides is 1. The molecule has 1 N–H and O–H groups in total. The Kier molecular flexibility index (Phi) is 1.67. The second-order valence-electron chi connectivity index (χ2n) is 4.30. The summed E-state index contributed by atoms with van der Waals surface area (Å²) in [5, 5.41) is 9.08. The fourth-order valence-corrected chi connectivity index (χ4v) is 4.73. The maximum absolute atomic E-state index is 11.5. The number of carboxylic acid groups (broad SMARTS) is 1. The number of carboxylic acids is 1. The maximum atomic E-state index is 11.5. The fourth-order valence-electron chi connectivity index (χ4n) is 3.31. The lowest BCUT2D eigenvalue weighted by Crippen LogP contribution is -2.37. The number of hydrogen-bond acceptors (Lipinski definition) is 3. The molecular weight excluding hydrogens is 299 g/mol. The standard InChI is InChI=1S/C9H9IO4/c10-6-2-1-3-5(4(2)8(11)12)9(13)14-7(3)6/h2-7H,1H2,(H,11,12)/t2-,3-,4-,5+,6+,7-/m1/s1. The smallest absolute Gasteiger partial charge is 0.310 e. The molecular formula is C9H9IO4. The fraction of sp³-hybridized carbons (Fsp3) is 0.778. The van der Waals surface area contributed by atoms with E-state index < -0.39 is 11.9 Å². The molecule has 14 heavy (non-hydrogen) atoms. The number of carbonyl (C=O) groups is 2. The molecule has 0 aromatic heterocycles. The number of fused-ring (bicyclic) bond motifs is 1. The van der Waals surface area contributed by atoms with Crippen molar-refractivity contribution in [3.63, 3.8) is 0 Å². The van der Waals surface area contributed by atoms with Crippen LogP contribution >= 0.6 is 22.6 Å². The molecule has 5 heteroatoms. The third-order valence-electron chi connectivity index (χ3n) is 3.81. The van der Waals surface area contributed by atoms with Crippen LogP contribution in [0, 0.1) is 23.7 Å². The van der Waals surface area contributed by atoms with Gasteiger partial charge in [0.15, 0.2) is 0 Å². The molecule has 6 atom stereocenters. The Hall–Kier alpha value is -0.330. The normalized spacial score (nSPS) is 53.6. The monoisotopic (exact) mass is 308 g/mol. The van der Waals surface area contributed by atoms with Crippen LogP contribution in [-0.2, 0) is 14.3 Å². The second-order valence-corrected chi connectivity index (χ2v) is 5.74. The number of halogens is 1. The molecule has 4 nitrogen and oxygen atoms in total. The van der Waals surface area contributed by atoms with Gasteiger partial charge in [-0.2, -0.15) is 0 Å². The molecule has 3 aliphatic rings. The molecule has 1 heterocycles. The van der Waals surface area contributed by atoms with Gasteiger partial charge in [-0.05, 0) is 12.3 Å². The highest BCUT2D eigenvalue weighted by Gasteiger charge is 2.67. The Bertz CT molecular complexity index is 329. The van der Waals surface area contributed by atoms with Gasteiger partial charge in [-0.15, -0.1) is 0 Å². The zero-order valence-electron chi connectivity index (χ0n) is 7.22. The van der Waals surface area contributed by atoms with Gasteiger partial charge in [0.25, 0.3) is 0 Å². The number of carbonyl (C=O) groups excluding carboxylic acids is 1. The van der Waals surface area contributed by atoms with Gasteiger partial charge in [0.1, 0.15) is 6.10 Å². The second kappa shape index (κ2) is 2.62. The minimum atomic E-state index is -0.832. The number of ether oxygens (including phenoxy) is 1. The van der Waals surface area contributed by atoms with Gasteiger partial charge < -0.3 is 9.84 Å². The van der Waals surface area contributed by atoms with E-state index in [4.69, 9.17) is 9.84 Å². The van der Waals surface area contributed by atoms with E-state index in [1.807, 2.05) is 0 Å². The molecule has 0 aromatic rings. The minimum absolute atomic E-state index is 0.00583. The molecule has 3 rings (SSSR count). The van der Waals surface area contributed by atoms with Gasteiger partial charge in [0.2, 0.25) is 0 Å². The quantitative estimate of drug-likeness (QED) is 0.440. The summed E-state index contributed by atoms with van der Waals surface area (Å²) in [7, 11) is 0. The third kappa shape index (κ3) is 0.844. The van der Waals surface area contributed by atoms with Gasteiger partial charge >= 0.3 is 11.9 Å². The van der Waals surface area contributed by atoms with Crippen molar-refractivity contribution in [1.29, 1.82) is 0 Å². The molecule has 3 fully saturated rings. The summed E-state index contributed by atoms with van der Waals surface area (Å²) in [4.78, 5) is 22.5. The topological polar surface area (TPSA) is 63.6 Å². The number of aliphatic carboxylic acids is 1. The summed E-state index contributed by atoms with van der Waals surface area (Å²) in [5.74, 6) is -1.65. The third-order valence-corrected chi connectivity index (χ3v) is 5.44. The van der Waals surface area contributed by atoms with Crippen LogP contribution in [-0.4, -0.2) is 27.1 Å². The molecule has 1 saturated heterocycles. The van der Waals surface area contributed by atoms with E-state index in [9.17, 15) is 9.59 Å². The van der Waals surface area contributed by atoms with Gasteiger partial charge in [0.05, 0.1) is 15.8 Å². The lowest BCUT2D eigenvalue weighted by molar-refractivity contribution is -0.151. The van der Waals surface area contributed by atoms with Crippen molar-refractivity contribution < 1.29 is 19.4 Å². The maximum Gasteiger partial charge on any atom is 0.310 e. The number of esters is 1. The Morgan fingerprint density at radius 3 is 2.86 bits per heavy atom. The first kappa shape index (κ1) is 8.94. The molecule has 76 valence electrons. The summed E-state index contributed by atoms with van der Waals surface area (Å²) in [6.07, 6.45) is 0.847. The van der Waals surface area contributed by atoms with Crippen molar-refractivity contribution in [3.8, 4) is 0 Å². The van der Waals surface area contributed by atoms with Crippen LogP contribution in [0.3, 0.4) is 0 Å². The highest BCUT2D eigenvalue weighted by Crippen LogP contribution is 2.59. The summed E-state index contributed by atoms with van der Waals surface area (Å²) < 4.78 is 5.42. The average Bonchev–Trinajstić information content (AvgIpc) is 2.67. The Morgan fingerprint density at radius 1 is 1.50 bits per heavy atom. The minimum Gasteiger partial charge on any atom is -0.481 e. The number of rotatable bonds is 1. The van der Waals surface area contributed by atoms with Crippen LogP contribution < -0.4 is 0 Å². The molecule has 0 spiro atoms.